The molecule has 0 aliphatic heterocycles. The molecule has 0 rings (SSSR count). The van der Waals surface area contributed by atoms with Gasteiger partial charge >= 0.3 is 103 Å². The molecule has 0 fully saturated rings. The molecule has 0 aliphatic carbocycles. The van der Waals surface area contributed by atoms with Crippen LogP contribution in [-0.2, 0) is 4.52 Å². The van der Waals surface area contributed by atoms with E-state index in [1.807, 2.05) is 0 Å². The van der Waals surface area contributed by atoms with E-state index >= 15 is 0 Å². The van der Waals surface area contributed by atoms with E-state index in [1.165, 1.54) is 6.92 Å². The summed E-state index contributed by atoms with van der Waals surface area (Å²) in [6.07, 6.45) is 0. The van der Waals surface area contributed by atoms with E-state index in [0.29, 0.717) is 0 Å². The topological polar surface area (TPSA) is 107 Å². The Labute approximate surface area is 171 Å². The van der Waals surface area contributed by atoms with Gasteiger partial charge in [0.05, 0.1) is 12.2 Å². The van der Waals surface area contributed by atoms with Crippen molar-refractivity contribution < 1.29 is 128 Å². The summed E-state index contributed by atoms with van der Waals surface area (Å²) in [5, 5.41) is 9.45. The van der Waals surface area contributed by atoms with Crippen molar-refractivity contribution in [3.05, 3.63) is 0 Å². The molecule has 0 aromatic rings. The van der Waals surface area contributed by atoms with Crippen LogP contribution >= 0.6 is 8.60 Å². The van der Waals surface area contributed by atoms with Crippen molar-refractivity contribution in [3.8, 4) is 0 Å². The average molecular weight is 276 g/mol. The van der Waals surface area contributed by atoms with Gasteiger partial charge in [0.15, 0.2) is 0 Å². The molecule has 5 nitrogen and oxygen atoms in total. The van der Waals surface area contributed by atoms with E-state index in [0.717, 1.165) is 0 Å². The Kier molecular flexibility index (Phi) is 24.2. The second-order valence-electron chi connectivity index (χ2n) is 3.01. The Balaban J connectivity index is -0.000000167. The maximum Gasteiger partial charge on any atom is 1.00 e. The zero-order chi connectivity index (χ0) is 9.07. The minimum Gasteiger partial charge on any atom is -0.820 e. The summed E-state index contributed by atoms with van der Waals surface area (Å²) in [5.74, 6) is -0.0301. The summed E-state index contributed by atoms with van der Waals surface area (Å²) >= 11 is 0. The molecule has 0 amide bonds. The van der Waals surface area contributed by atoms with Gasteiger partial charge in [0.2, 0.25) is 0 Å². The summed E-state index contributed by atoms with van der Waals surface area (Å²) in [7, 11) is -2.85. The van der Waals surface area contributed by atoms with E-state index in [9.17, 15) is 14.9 Å². The molecular formula is C6H15K2O5P. The molecule has 0 saturated heterocycles. The Morgan fingerprint density at radius 1 is 1.36 bits per heavy atom. The molecule has 0 spiro atoms. The molecule has 0 bridgehead atoms. The van der Waals surface area contributed by atoms with Crippen LogP contribution in [0.3, 0.4) is 0 Å². The van der Waals surface area contributed by atoms with Crippen LogP contribution in [0.5, 0.6) is 0 Å². The number of hydrogen-bond donors (Lipinski definition) is 1. The van der Waals surface area contributed by atoms with Gasteiger partial charge in [-0.3, -0.25) is 0 Å². The normalized spacial score (nSPS) is 13.7. The first-order valence-electron chi connectivity index (χ1n) is 3.36. The Hall–Kier alpha value is 3.50. The summed E-state index contributed by atoms with van der Waals surface area (Å²) in [6, 6.07) is 0. The summed E-state index contributed by atoms with van der Waals surface area (Å²) < 4.78 is 4.27. The SMILES string of the molecule is CC(C)C(C)(O)COP([O-])[O-].O.[K+].[K+]. The van der Waals surface area contributed by atoms with Crippen LogP contribution in [0, 0.1) is 5.92 Å². The zero-order valence-electron chi connectivity index (χ0n) is 9.40. The monoisotopic (exact) mass is 276 g/mol. The molecule has 3 N–H and O–H groups in total. The third-order valence-corrected chi connectivity index (χ3v) is 2.05. The molecule has 1 unspecified atom stereocenters. The van der Waals surface area contributed by atoms with Gasteiger partial charge in [-0.15, -0.1) is 0 Å². The van der Waals surface area contributed by atoms with Crippen molar-refractivity contribution in [3.63, 3.8) is 0 Å². The maximum atomic E-state index is 9.97. The van der Waals surface area contributed by atoms with Crippen LogP contribution in [0.4, 0.5) is 0 Å². The smallest absolute Gasteiger partial charge is 0.820 e. The van der Waals surface area contributed by atoms with Gasteiger partial charge in [-0.2, -0.15) is 8.60 Å². The van der Waals surface area contributed by atoms with E-state index < -0.39 is 14.2 Å². The van der Waals surface area contributed by atoms with Crippen LogP contribution in [0.2, 0.25) is 0 Å². The first kappa shape index (κ1) is 26.1. The molecule has 0 saturated carbocycles. The van der Waals surface area contributed by atoms with Crippen molar-refractivity contribution in [2.75, 3.05) is 6.61 Å². The molecule has 0 radical (unpaired) electrons. The maximum absolute atomic E-state index is 9.97. The van der Waals surface area contributed by atoms with Gasteiger partial charge in [-0.25, -0.2) is 0 Å². The first-order valence-corrected chi connectivity index (χ1v) is 4.45. The van der Waals surface area contributed by atoms with E-state index in [1.54, 1.807) is 13.8 Å². The van der Waals surface area contributed by atoms with Gasteiger partial charge in [-0.1, -0.05) is 13.8 Å². The molecule has 14 heavy (non-hydrogen) atoms. The fraction of sp³-hybridized carbons (Fsp3) is 1.00. The van der Waals surface area contributed by atoms with Crippen LogP contribution in [-0.4, -0.2) is 22.8 Å². The largest absolute Gasteiger partial charge is 1.00 e. The zero-order valence-corrected chi connectivity index (χ0v) is 16.5. The van der Waals surface area contributed by atoms with Gasteiger partial charge in [-0.05, 0) is 12.8 Å². The molecule has 0 heterocycles. The van der Waals surface area contributed by atoms with Crippen molar-refractivity contribution in [1.29, 1.82) is 0 Å². The minimum atomic E-state index is -2.85. The molecule has 1 atom stereocenters. The second-order valence-corrected chi connectivity index (χ2v) is 3.71. The summed E-state index contributed by atoms with van der Waals surface area (Å²) in [6.45, 7) is 4.95. The fourth-order valence-corrected chi connectivity index (χ4v) is 0.717. The number of aliphatic hydroxyl groups is 1. The Morgan fingerprint density at radius 2 is 1.71 bits per heavy atom. The molecule has 8 heteroatoms. The van der Waals surface area contributed by atoms with Crippen molar-refractivity contribution >= 4 is 8.60 Å². The van der Waals surface area contributed by atoms with Gasteiger partial charge in [0, 0.05) is 0 Å². The van der Waals surface area contributed by atoms with Gasteiger partial charge in [0.1, 0.15) is 0 Å². The predicted molar refractivity (Wildman–Crippen MR) is 41.9 cm³/mol. The third kappa shape index (κ3) is 13.6. The number of rotatable bonds is 4. The van der Waals surface area contributed by atoms with Crippen LogP contribution in [0.15, 0.2) is 0 Å². The minimum absolute atomic E-state index is 0. The molecule has 76 valence electrons. The predicted octanol–water partition coefficient (Wildman–Crippen LogP) is -7.46. The van der Waals surface area contributed by atoms with E-state index in [4.69, 9.17) is 0 Å². The fourth-order valence-electron chi connectivity index (χ4n) is 0.350. The van der Waals surface area contributed by atoms with Crippen molar-refractivity contribution in [2.45, 2.75) is 26.4 Å². The second kappa shape index (κ2) is 12.9. The van der Waals surface area contributed by atoms with E-state index in [-0.39, 0.29) is 121 Å². The summed E-state index contributed by atoms with van der Waals surface area (Å²) in [5.41, 5.74) is -1.07. The Bertz CT molecular complexity index is 123. The van der Waals surface area contributed by atoms with Gasteiger partial charge < -0.3 is 24.9 Å². The Morgan fingerprint density at radius 3 is 1.93 bits per heavy atom. The van der Waals surface area contributed by atoms with Crippen molar-refractivity contribution in [2.24, 2.45) is 5.92 Å². The first-order chi connectivity index (χ1) is 4.86. The standard InChI is InChI=1S/C6H13O4P.2K.H2O/c1-5(2)6(3,7)4-10-11(8)9;;;/h5,7H,4H2,1-3H3;;;1H2/q-2;2*+1;. The average Bonchev–Trinajstić information content (AvgIpc) is 1.84. The van der Waals surface area contributed by atoms with Crippen LogP contribution in [0.1, 0.15) is 20.8 Å². The van der Waals surface area contributed by atoms with Crippen LogP contribution in [0.25, 0.3) is 0 Å². The molecule has 0 aromatic carbocycles. The van der Waals surface area contributed by atoms with Crippen molar-refractivity contribution in [1.82, 2.24) is 0 Å². The molecule has 0 aliphatic rings. The quantitative estimate of drug-likeness (QED) is 0.406. The number of hydrogen-bond acceptors (Lipinski definition) is 4. The summed E-state index contributed by atoms with van der Waals surface area (Å²) in [4.78, 5) is 19.9. The van der Waals surface area contributed by atoms with Gasteiger partial charge in [0.25, 0.3) is 0 Å². The van der Waals surface area contributed by atoms with Crippen LogP contribution < -0.4 is 113 Å². The molecule has 0 aromatic heterocycles. The van der Waals surface area contributed by atoms with E-state index in [2.05, 4.69) is 4.52 Å². The third-order valence-electron chi connectivity index (χ3n) is 1.71. The molecular weight excluding hydrogens is 261 g/mol.